The molecule has 1 aromatic heterocycles. The number of esters is 1. The molecule has 2 aromatic rings. The third kappa shape index (κ3) is 4.57. The number of anilines is 1. The summed E-state index contributed by atoms with van der Waals surface area (Å²) in [6.07, 6.45) is 0.505. The van der Waals surface area contributed by atoms with Gasteiger partial charge in [-0.15, -0.1) is 0 Å². The standard InChI is InChI=1S/C15H18N2O5S/c1-2-21-15(18)13-7-8-14(22-13)23(19,20)17-10-9-11-3-5-12(16)6-4-11/h3-8,17H,2,9-10,16H2,1H3. The van der Waals surface area contributed by atoms with Gasteiger partial charge in [0, 0.05) is 12.2 Å². The molecule has 1 heterocycles. The Labute approximate surface area is 134 Å². The van der Waals surface area contributed by atoms with Gasteiger partial charge < -0.3 is 14.9 Å². The molecule has 0 amide bonds. The molecule has 0 fully saturated rings. The van der Waals surface area contributed by atoms with Gasteiger partial charge in [0.15, 0.2) is 0 Å². The van der Waals surface area contributed by atoms with Gasteiger partial charge in [-0.25, -0.2) is 17.9 Å². The molecule has 0 atom stereocenters. The first-order valence-electron chi connectivity index (χ1n) is 7.03. The minimum Gasteiger partial charge on any atom is -0.460 e. The van der Waals surface area contributed by atoms with Crippen LogP contribution < -0.4 is 10.5 Å². The molecule has 1 aromatic carbocycles. The molecule has 0 aliphatic heterocycles. The minimum absolute atomic E-state index is 0.147. The fraction of sp³-hybridized carbons (Fsp3) is 0.267. The number of hydrogen-bond donors (Lipinski definition) is 2. The van der Waals surface area contributed by atoms with Crippen LogP contribution in [0.4, 0.5) is 5.69 Å². The summed E-state index contributed by atoms with van der Waals surface area (Å²) < 4.78 is 36.4. The molecule has 124 valence electrons. The first-order valence-corrected chi connectivity index (χ1v) is 8.51. The molecule has 0 radical (unpaired) electrons. The van der Waals surface area contributed by atoms with Crippen LogP contribution in [0.3, 0.4) is 0 Å². The summed E-state index contributed by atoms with van der Waals surface area (Å²) >= 11 is 0. The second kappa shape index (κ2) is 7.30. The first kappa shape index (κ1) is 17.0. The van der Waals surface area contributed by atoms with Crippen molar-refractivity contribution in [2.75, 3.05) is 18.9 Å². The highest BCUT2D eigenvalue weighted by atomic mass is 32.2. The van der Waals surface area contributed by atoms with E-state index < -0.39 is 16.0 Å². The normalized spacial score (nSPS) is 11.3. The van der Waals surface area contributed by atoms with E-state index in [4.69, 9.17) is 14.9 Å². The smallest absolute Gasteiger partial charge is 0.374 e. The van der Waals surface area contributed by atoms with Crippen molar-refractivity contribution in [1.82, 2.24) is 4.72 Å². The lowest BCUT2D eigenvalue weighted by molar-refractivity contribution is 0.0484. The molecule has 0 unspecified atom stereocenters. The Morgan fingerprint density at radius 3 is 2.57 bits per heavy atom. The fourth-order valence-electron chi connectivity index (χ4n) is 1.86. The van der Waals surface area contributed by atoms with E-state index in [2.05, 4.69) is 4.72 Å². The summed E-state index contributed by atoms with van der Waals surface area (Å²) in [5.74, 6) is -0.846. The number of ether oxygens (including phenoxy) is 1. The zero-order chi connectivity index (χ0) is 16.9. The molecule has 0 spiro atoms. The van der Waals surface area contributed by atoms with Crippen LogP contribution in [0.25, 0.3) is 0 Å². The van der Waals surface area contributed by atoms with E-state index in [1.807, 2.05) is 12.1 Å². The van der Waals surface area contributed by atoms with Crippen LogP contribution in [0.1, 0.15) is 23.0 Å². The Kier molecular flexibility index (Phi) is 5.41. The van der Waals surface area contributed by atoms with Gasteiger partial charge in [-0.05, 0) is 43.2 Å². The Morgan fingerprint density at radius 2 is 1.91 bits per heavy atom. The zero-order valence-corrected chi connectivity index (χ0v) is 13.4. The number of nitrogens with one attached hydrogen (secondary N) is 1. The van der Waals surface area contributed by atoms with Gasteiger partial charge in [0.05, 0.1) is 6.61 Å². The highest BCUT2D eigenvalue weighted by Crippen LogP contribution is 2.15. The lowest BCUT2D eigenvalue weighted by Crippen LogP contribution is -2.25. The molecule has 0 saturated carbocycles. The number of rotatable bonds is 7. The summed E-state index contributed by atoms with van der Waals surface area (Å²) in [5, 5.41) is -0.321. The summed E-state index contributed by atoms with van der Waals surface area (Å²) in [7, 11) is -3.82. The number of sulfonamides is 1. The summed E-state index contributed by atoms with van der Waals surface area (Å²) in [6.45, 7) is 2.03. The van der Waals surface area contributed by atoms with Crippen LogP contribution in [-0.4, -0.2) is 27.5 Å². The third-order valence-electron chi connectivity index (χ3n) is 3.01. The highest BCUT2D eigenvalue weighted by Gasteiger charge is 2.21. The largest absolute Gasteiger partial charge is 0.460 e. The van der Waals surface area contributed by atoms with E-state index in [0.717, 1.165) is 5.56 Å². The van der Waals surface area contributed by atoms with Crippen molar-refractivity contribution in [2.24, 2.45) is 0 Å². The summed E-state index contributed by atoms with van der Waals surface area (Å²) in [6, 6.07) is 9.65. The molecular weight excluding hydrogens is 320 g/mol. The maximum atomic E-state index is 12.1. The average molecular weight is 338 g/mol. The monoisotopic (exact) mass is 338 g/mol. The van der Waals surface area contributed by atoms with E-state index in [1.54, 1.807) is 19.1 Å². The Balaban J connectivity index is 1.96. The molecule has 23 heavy (non-hydrogen) atoms. The zero-order valence-electron chi connectivity index (χ0n) is 12.6. The maximum absolute atomic E-state index is 12.1. The van der Waals surface area contributed by atoms with Crippen molar-refractivity contribution >= 4 is 21.7 Å². The topological polar surface area (TPSA) is 112 Å². The van der Waals surface area contributed by atoms with Crippen molar-refractivity contribution in [3.63, 3.8) is 0 Å². The maximum Gasteiger partial charge on any atom is 0.374 e. The van der Waals surface area contributed by atoms with Crippen LogP contribution in [0.2, 0.25) is 0 Å². The second-order valence-electron chi connectivity index (χ2n) is 4.73. The van der Waals surface area contributed by atoms with Crippen molar-refractivity contribution < 1.29 is 22.4 Å². The van der Waals surface area contributed by atoms with Crippen molar-refractivity contribution in [1.29, 1.82) is 0 Å². The second-order valence-corrected chi connectivity index (χ2v) is 6.43. The summed E-state index contributed by atoms with van der Waals surface area (Å²) in [5.41, 5.74) is 7.19. The van der Waals surface area contributed by atoms with Gasteiger partial charge in [-0.2, -0.15) is 0 Å². The lowest BCUT2D eigenvalue weighted by atomic mass is 10.1. The number of carbonyl (C=O) groups is 1. The number of furan rings is 1. The van der Waals surface area contributed by atoms with E-state index in [0.29, 0.717) is 12.1 Å². The van der Waals surface area contributed by atoms with Gasteiger partial charge in [-0.1, -0.05) is 12.1 Å². The molecule has 0 aliphatic rings. The quantitative estimate of drug-likeness (QED) is 0.585. The Hall–Kier alpha value is -2.32. The third-order valence-corrected chi connectivity index (χ3v) is 4.34. The molecule has 0 saturated heterocycles. The van der Waals surface area contributed by atoms with E-state index in [9.17, 15) is 13.2 Å². The van der Waals surface area contributed by atoms with Crippen LogP contribution >= 0.6 is 0 Å². The number of nitrogen functional groups attached to an aromatic ring is 1. The predicted molar refractivity (Wildman–Crippen MR) is 84.4 cm³/mol. The molecule has 0 aliphatic carbocycles. The predicted octanol–water partition coefficient (Wildman–Crippen LogP) is 1.56. The van der Waals surface area contributed by atoms with E-state index >= 15 is 0 Å². The number of nitrogens with two attached hydrogens (primary N) is 1. The van der Waals surface area contributed by atoms with Crippen LogP contribution in [0.15, 0.2) is 45.9 Å². The Morgan fingerprint density at radius 1 is 1.22 bits per heavy atom. The molecule has 2 rings (SSSR count). The number of hydrogen-bond acceptors (Lipinski definition) is 6. The van der Waals surface area contributed by atoms with E-state index in [1.165, 1.54) is 12.1 Å². The number of benzene rings is 1. The minimum atomic E-state index is -3.82. The van der Waals surface area contributed by atoms with Gasteiger partial charge in [0.2, 0.25) is 10.9 Å². The number of carbonyl (C=O) groups excluding carboxylic acids is 1. The van der Waals surface area contributed by atoms with Crippen LogP contribution in [-0.2, 0) is 21.2 Å². The lowest BCUT2D eigenvalue weighted by Gasteiger charge is -2.05. The van der Waals surface area contributed by atoms with Gasteiger partial charge in [-0.3, -0.25) is 0 Å². The van der Waals surface area contributed by atoms with Crippen LogP contribution in [0.5, 0.6) is 0 Å². The average Bonchev–Trinajstić information content (AvgIpc) is 3.00. The van der Waals surface area contributed by atoms with Crippen LogP contribution in [0, 0.1) is 0 Å². The fourth-order valence-corrected chi connectivity index (χ4v) is 2.82. The summed E-state index contributed by atoms with van der Waals surface area (Å²) in [4.78, 5) is 11.5. The van der Waals surface area contributed by atoms with Gasteiger partial charge in [0.1, 0.15) is 0 Å². The molecular formula is C15H18N2O5S. The molecule has 7 nitrogen and oxygen atoms in total. The highest BCUT2D eigenvalue weighted by molar-refractivity contribution is 7.89. The van der Waals surface area contributed by atoms with Crippen molar-refractivity contribution in [3.8, 4) is 0 Å². The van der Waals surface area contributed by atoms with Crippen molar-refractivity contribution in [2.45, 2.75) is 18.4 Å². The molecule has 3 N–H and O–H groups in total. The van der Waals surface area contributed by atoms with Gasteiger partial charge in [0.25, 0.3) is 10.0 Å². The SMILES string of the molecule is CCOC(=O)c1ccc(S(=O)(=O)NCCc2ccc(N)cc2)o1. The van der Waals surface area contributed by atoms with Gasteiger partial charge >= 0.3 is 5.97 Å². The van der Waals surface area contributed by atoms with E-state index in [-0.39, 0.29) is 24.0 Å². The Bertz CT molecular complexity index is 765. The van der Waals surface area contributed by atoms with Crippen molar-refractivity contribution in [3.05, 3.63) is 47.7 Å². The molecule has 8 heteroatoms. The first-order chi connectivity index (χ1) is 10.9. The molecule has 0 bridgehead atoms.